The molecule has 0 aliphatic rings. The molecule has 2 N–H and O–H groups in total. The average Bonchev–Trinajstić information content (AvgIpc) is 2.47. The number of H-pyrrole nitrogens is 1. The quantitative estimate of drug-likeness (QED) is 0.821. The van der Waals surface area contributed by atoms with Crippen LogP contribution >= 0.6 is 0 Å². The molecule has 0 atom stereocenters. The Bertz CT molecular complexity index is 620. The molecule has 0 radical (unpaired) electrons. The van der Waals surface area contributed by atoms with Gasteiger partial charge < -0.3 is 10.1 Å². The predicted molar refractivity (Wildman–Crippen MR) is 83.9 cm³/mol. The number of nitrogens with one attached hydrogen (secondary N) is 2. The number of rotatable bonds is 7. The smallest absolute Gasteiger partial charge is 0.252 e. The van der Waals surface area contributed by atoms with E-state index >= 15 is 0 Å². The molecule has 0 aliphatic carbocycles. The van der Waals surface area contributed by atoms with Gasteiger partial charge in [0.05, 0.1) is 6.61 Å². The number of hydrogen-bond acceptors (Lipinski definition) is 4. The molecule has 0 unspecified atom stereocenters. The topological polar surface area (TPSA) is 67.0 Å². The number of anilines is 2. The second-order valence-electron chi connectivity index (χ2n) is 4.94. The SMILES string of the molecule is CCCCc1cc(=O)[nH]c(Nc2ccc(COC)cc2)n1. The number of hydrogen-bond donors (Lipinski definition) is 2. The standard InChI is InChI=1S/C16H21N3O2/c1-3-4-5-14-10-15(20)19-16(18-14)17-13-8-6-12(7-9-13)11-21-2/h6-10H,3-5,11H2,1-2H3,(H2,17,18,19,20). The fourth-order valence-electron chi connectivity index (χ4n) is 2.04. The molecular formula is C16H21N3O2. The predicted octanol–water partition coefficient (Wildman–Crippen LogP) is 3.00. The highest BCUT2D eigenvalue weighted by molar-refractivity contribution is 5.53. The van der Waals surface area contributed by atoms with Crippen LogP contribution < -0.4 is 10.9 Å². The van der Waals surface area contributed by atoms with Gasteiger partial charge in [0.25, 0.3) is 5.56 Å². The first-order valence-corrected chi connectivity index (χ1v) is 7.16. The van der Waals surface area contributed by atoms with E-state index < -0.39 is 0 Å². The summed E-state index contributed by atoms with van der Waals surface area (Å²) in [5, 5.41) is 3.12. The molecule has 5 heteroatoms. The lowest BCUT2D eigenvalue weighted by Crippen LogP contribution is -2.12. The highest BCUT2D eigenvalue weighted by Crippen LogP contribution is 2.14. The highest BCUT2D eigenvalue weighted by Gasteiger charge is 2.02. The van der Waals surface area contributed by atoms with Gasteiger partial charge in [-0.1, -0.05) is 25.5 Å². The van der Waals surface area contributed by atoms with E-state index in [1.165, 1.54) is 0 Å². The molecule has 0 fully saturated rings. The molecule has 1 aromatic carbocycles. The molecule has 0 spiro atoms. The number of ether oxygens (including phenoxy) is 1. The van der Waals surface area contributed by atoms with Gasteiger partial charge in [-0.05, 0) is 30.5 Å². The summed E-state index contributed by atoms with van der Waals surface area (Å²) in [6.07, 6.45) is 2.93. The van der Waals surface area contributed by atoms with Crippen LogP contribution in [0.1, 0.15) is 31.0 Å². The molecule has 0 saturated heterocycles. The second kappa shape index (κ2) is 7.59. The molecule has 112 valence electrons. The molecule has 21 heavy (non-hydrogen) atoms. The normalized spacial score (nSPS) is 10.6. The van der Waals surface area contributed by atoms with Gasteiger partial charge in [-0.2, -0.15) is 0 Å². The highest BCUT2D eigenvalue weighted by atomic mass is 16.5. The van der Waals surface area contributed by atoms with Crippen LogP contribution in [0.2, 0.25) is 0 Å². The van der Waals surface area contributed by atoms with Crippen LogP contribution in [0.3, 0.4) is 0 Å². The summed E-state index contributed by atoms with van der Waals surface area (Å²) >= 11 is 0. The molecule has 1 heterocycles. The van der Waals surface area contributed by atoms with Gasteiger partial charge in [0, 0.05) is 24.6 Å². The third-order valence-electron chi connectivity index (χ3n) is 3.11. The third kappa shape index (κ3) is 4.72. The minimum atomic E-state index is -0.130. The van der Waals surface area contributed by atoms with Gasteiger partial charge in [0.15, 0.2) is 0 Å². The summed E-state index contributed by atoms with van der Waals surface area (Å²) in [5.41, 5.74) is 2.67. The lowest BCUT2D eigenvalue weighted by atomic mass is 10.2. The van der Waals surface area contributed by atoms with E-state index in [9.17, 15) is 4.79 Å². The molecule has 0 saturated carbocycles. The van der Waals surface area contributed by atoms with Crippen molar-refractivity contribution in [1.82, 2.24) is 9.97 Å². The first-order valence-electron chi connectivity index (χ1n) is 7.16. The summed E-state index contributed by atoms with van der Waals surface area (Å²) < 4.78 is 5.07. The summed E-state index contributed by atoms with van der Waals surface area (Å²) in [7, 11) is 1.67. The molecule has 0 amide bonds. The first kappa shape index (κ1) is 15.3. The maximum Gasteiger partial charge on any atom is 0.252 e. The fraction of sp³-hybridized carbons (Fsp3) is 0.375. The monoisotopic (exact) mass is 287 g/mol. The Labute approximate surface area is 124 Å². The van der Waals surface area contributed by atoms with E-state index in [1.54, 1.807) is 13.2 Å². The van der Waals surface area contributed by atoms with Crippen LogP contribution in [0, 0.1) is 0 Å². The Balaban J connectivity index is 2.11. The number of aromatic nitrogens is 2. The van der Waals surface area contributed by atoms with E-state index in [0.717, 1.165) is 36.2 Å². The minimum absolute atomic E-state index is 0.130. The first-order chi connectivity index (χ1) is 10.2. The third-order valence-corrected chi connectivity index (χ3v) is 3.11. The Morgan fingerprint density at radius 2 is 2.05 bits per heavy atom. The number of aromatic amines is 1. The van der Waals surface area contributed by atoms with Crippen molar-refractivity contribution in [2.75, 3.05) is 12.4 Å². The van der Waals surface area contributed by atoms with Crippen molar-refractivity contribution in [1.29, 1.82) is 0 Å². The lowest BCUT2D eigenvalue weighted by Gasteiger charge is -2.08. The molecule has 1 aromatic heterocycles. The van der Waals surface area contributed by atoms with Crippen LogP contribution in [0.15, 0.2) is 35.1 Å². The van der Waals surface area contributed by atoms with Crippen molar-refractivity contribution >= 4 is 11.6 Å². The number of benzene rings is 1. The maximum atomic E-state index is 11.7. The van der Waals surface area contributed by atoms with E-state index in [4.69, 9.17) is 4.74 Å². The van der Waals surface area contributed by atoms with E-state index in [1.807, 2.05) is 24.3 Å². The zero-order valence-electron chi connectivity index (χ0n) is 12.5. The van der Waals surface area contributed by atoms with Crippen LogP contribution in [0.5, 0.6) is 0 Å². The van der Waals surface area contributed by atoms with Crippen LogP contribution in [-0.4, -0.2) is 17.1 Å². The van der Waals surface area contributed by atoms with Crippen molar-refractivity contribution in [3.8, 4) is 0 Å². The second-order valence-corrected chi connectivity index (χ2v) is 4.94. The molecule has 2 rings (SSSR count). The van der Waals surface area contributed by atoms with Crippen molar-refractivity contribution in [3.63, 3.8) is 0 Å². The fourth-order valence-corrected chi connectivity index (χ4v) is 2.04. The van der Waals surface area contributed by atoms with Crippen LogP contribution in [-0.2, 0) is 17.8 Å². The largest absolute Gasteiger partial charge is 0.380 e. The van der Waals surface area contributed by atoms with Gasteiger partial charge in [-0.3, -0.25) is 9.78 Å². The van der Waals surface area contributed by atoms with Gasteiger partial charge in [-0.25, -0.2) is 4.98 Å². The van der Waals surface area contributed by atoms with Crippen molar-refractivity contribution in [2.24, 2.45) is 0 Å². The summed E-state index contributed by atoms with van der Waals surface area (Å²) in [6, 6.07) is 9.39. The molecule has 2 aromatic rings. The van der Waals surface area contributed by atoms with E-state index in [2.05, 4.69) is 22.2 Å². The van der Waals surface area contributed by atoms with E-state index in [-0.39, 0.29) is 5.56 Å². The molecule has 5 nitrogen and oxygen atoms in total. The minimum Gasteiger partial charge on any atom is -0.380 e. The summed E-state index contributed by atoms with van der Waals surface area (Å²) in [4.78, 5) is 18.8. The zero-order chi connectivity index (χ0) is 15.1. The summed E-state index contributed by atoms with van der Waals surface area (Å²) in [5.74, 6) is 0.480. The number of aryl methyl sites for hydroxylation is 1. The van der Waals surface area contributed by atoms with Crippen LogP contribution in [0.4, 0.5) is 11.6 Å². The van der Waals surface area contributed by atoms with Crippen LogP contribution in [0.25, 0.3) is 0 Å². The maximum absolute atomic E-state index is 11.7. The molecule has 0 bridgehead atoms. The van der Waals surface area contributed by atoms with Gasteiger partial charge in [0.2, 0.25) is 5.95 Å². The number of unbranched alkanes of at least 4 members (excludes halogenated alkanes) is 1. The Hall–Kier alpha value is -2.14. The zero-order valence-corrected chi connectivity index (χ0v) is 12.5. The average molecular weight is 287 g/mol. The van der Waals surface area contributed by atoms with Gasteiger partial charge in [-0.15, -0.1) is 0 Å². The Morgan fingerprint density at radius 1 is 1.29 bits per heavy atom. The molecule has 0 aliphatic heterocycles. The van der Waals surface area contributed by atoms with Crippen molar-refractivity contribution < 1.29 is 4.74 Å². The van der Waals surface area contributed by atoms with Crippen molar-refractivity contribution in [2.45, 2.75) is 32.8 Å². The summed E-state index contributed by atoms with van der Waals surface area (Å²) in [6.45, 7) is 2.70. The Morgan fingerprint density at radius 3 is 2.71 bits per heavy atom. The lowest BCUT2D eigenvalue weighted by molar-refractivity contribution is 0.185. The van der Waals surface area contributed by atoms with Gasteiger partial charge >= 0.3 is 0 Å². The van der Waals surface area contributed by atoms with Gasteiger partial charge in [0.1, 0.15) is 0 Å². The number of methoxy groups -OCH3 is 1. The number of nitrogens with zero attached hydrogens (tertiary/aromatic N) is 1. The molecular weight excluding hydrogens is 266 g/mol. The van der Waals surface area contributed by atoms with Crippen molar-refractivity contribution in [3.05, 3.63) is 51.9 Å². The van der Waals surface area contributed by atoms with E-state index in [0.29, 0.717) is 12.6 Å². The Kier molecular flexibility index (Phi) is 5.51.